The fourth-order valence-electron chi connectivity index (χ4n) is 3.87. The lowest BCUT2D eigenvalue weighted by molar-refractivity contribution is -0.0896. The van der Waals surface area contributed by atoms with Crippen LogP contribution in [0.4, 0.5) is 0 Å². The van der Waals surface area contributed by atoms with Gasteiger partial charge in [0.15, 0.2) is 0 Å². The lowest BCUT2D eigenvalue weighted by Gasteiger charge is -2.24. The molecule has 1 aliphatic heterocycles. The Kier molecular flexibility index (Phi) is 8.23. The second kappa shape index (κ2) is 11.7. The summed E-state index contributed by atoms with van der Waals surface area (Å²) in [5.41, 5.74) is 3.35. The third-order valence-electron chi connectivity index (χ3n) is 5.54. The Bertz CT molecular complexity index is 929. The summed E-state index contributed by atoms with van der Waals surface area (Å²) in [6.45, 7) is 5.88. The fraction of sp³-hybridized carbons (Fsp3) is 0.286. The molecule has 0 aromatic heterocycles. The van der Waals surface area contributed by atoms with Crippen molar-refractivity contribution in [1.82, 2.24) is 0 Å². The van der Waals surface area contributed by atoms with Crippen molar-refractivity contribution in [2.24, 2.45) is 0 Å². The molecule has 0 N–H and O–H groups in total. The van der Waals surface area contributed by atoms with Crippen molar-refractivity contribution in [2.45, 2.75) is 44.2 Å². The number of rotatable bonds is 11. The Balaban J connectivity index is 1.43. The average Bonchev–Trinajstić information content (AvgIpc) is 3.19. The number of hydrogen-bond acceptors (Lipinski definition) is 4. The van der Waals surface area contributed by atoms with E-state index in [0.29, 0.717) is 26.4 Å². The SMILES string of the molecule is C=C[C@@H]1O[C@H](COCc2ccccc2)[C@H](OCc2ccccc2)[C@H]1OCc1ccccc1. The molecule has 4 nitrogen and oxygen atoms in total. The van der Waals surface area contributed by atoms with E-state index >= 15 is 0 Å². The maximum Gasteiger partial charge on any atom is 0.116 e. The van der Waals surface area contributed by atoms with Gasteiger partial charge < -0.3 is 18.9 Å². The number of ether oxygens (including phenoxy) is 4. The number of benzene rings is 3. The van der Waals surface area contributed by atoms with Crippen molar-refractivity contribution < 1.29 is 18.9 Å². The minimum Gasteiger partial charge on any atom is -0.374 e. The Morgan fingerprint density at radius 1 is 0.656 bits per heavy atom. The van der Waals surface area contributed by atoms with Crippen LogP contribution in [0.3, 0.4) is 0 Å². The molecule has 4 atom stereocenters. The topological polar surface area (TPSA) is 36.9 Å². The molecule has 1 fully saturated rings. The van der Waals surface area contributed by atoms with E-state index in [1.807, 2.05) is 54.6 Å². The quantitative estimate of drug-likeness (QED) is 0.386. The number of hydrogen-bond donors (Lipinski definition) is 0. The average molecular weight is 431 g/mol. The third kappa shape index (κ3) is 6.15. The van der Waals surface area contributed by atoms with Crippen LogP contribution in [0.2, 0.25) is 0 Å². The summed E-state index contributed by atoms with van der Waals surface area (Å²) >= 11 is 0. The van der Waals surface area contributed by atoms with Gasteiger partial charge in [0.2, 0.25) is 0 Å². The minimum atomic E-state index is -0.266. The van der Waals surface area contributed by atoms with Gasteiger partial charge in [-0.15, -0.1) is 6.58 Å². The first kappa shape index (κ1) is 22.4. The molecular weight excluding hydrogens is 400 g/mol. The maximum atomic E-state index is 6.36. The van der Waals surface area contributed by atoms with E-state index in [2.05, 4.69) is 43.0 Å². The molecule has 0 saturated carbocycles. The van der Waals surface area contributed by atoms with E-state index in [4.69, 9.17) is 18.9 Å². The highest BCUT2D eigenvalue weighted by Crippen LogP contribution is 2.29. The minimum absolute atomic E-state index is 0.244. The molecule has 3 aromatic carbocycles. The van der Waals surface area contributed by atoms with Gasteiger partial charge >= 0.3 is 0 Å². The molecule has 3 aromatic rings. The molecule has 1 saturated heterocycles. The highest BCUT2D eigenvalue weighted by atomic mass is 16.6. The van der Waals surface area contributed by atoms with Crippen LogP contribution < -0.4 is 0 Å². The van der Waals surface area contributed by atoms with Crippen LogP contribution in [0.1, 0.15) is 16.7 Å². The smallest absolute Gasteiger partial charge is 0.116 e. The fourth-order valence-corrected chi connectivity index (χ4v) is 3.87. The summed E-state index contributed by atoms with van der Waals surface area (Å²) in [7, 11) is 0. The first-order valence-electron chi connectivity index (χ1n) is 11.0. The van der Waals surface area contributed by atoms with Gasteiger partial charge in [-0.2, -0.15) is 0 Å². The van der Waals surface area contributed by atoms with Crippen LogP contribution in [-0.4, -0.2) is 31.0 Å². The molecule has 0 bridgehead atoms. The molecule has 0 aliphatic carbocycles. The Morgan fingerprint density at radius 2 is 1.12 bits per heavy atom. The van der Waals surface area contributed by atoms with E-state index in [1.165, 1.54) is 0 Å². The van der Waals surface area contributed by atoms with Crippen molar-refractivity contribution >= 4 is 0 Å². The first-order chi connectivity index (χ1) is 15.8. The standard InChI is InChI=1S/C28H30O4/c1-2-25-27(30-19-23-14-8-4-9-15-23)28(31-20-24-16-10-5-11-17-24)26(32-25)21-29-18-22-12-6-3-7-13-22/h2-17,25-28H,1,18-21H2/t25-,26+,27-,28-/m0/s1. The molecule has 0 amide bonds. The lowest BCUT2D eigenvalue weighted by atomic mass is 10.1. The predicted octanol–water partition coefficient (Wildman–Crippen LogP) is 5.33. The summed E-state index contributed by atoms with van der Waals surface area (Å²) in [6, 6.07) is 30.4. The molecule has 0 unspecified atom stereocenters. The molecule has 0 spiro atoms. The maximum absolute atomic E-state index is 6.36. The van der Waals surface area contributed by atoms with Gasteiger partial charge in [-0.1, -0.05) is 97.1 Å². The predicted molar refractivity (Wildman–Crippen MR) is 125 cm³/mol. The summed E-state index contributed by atoms with van der Waals surface area (Å²) in [5, 5.41) is 0. The van der Waals surface area contributed by atoms with Crippen LogP contribution in [0.15, 0.2) is 104 Å². The van der Waals surface area contributed by atoms with Crippen LogP contribution in [0.25, 0.3) is 0 Å². The summed E-state index contributed by atoms with van der Waals surface area (Å²) in [6.07, 6.45) is 0.765. The summed E-state index contributed by atoms with van der Waals surface area (Å²) in [5.74, 6) is 0. The lowest BCUT2D eigenvalue weighted by Crippen LogP contribution is -2.38. The molecule has 32 heavy (non-hydrogen) atoms. The molecule has 1 aliphatic rings. The van der Waals surface area contributed by atoms with Crippen LogP contribution in [0, 0.1) is 0 Å². The zero-order valence-electron chi connectivity index (χ0n) is 18.2. The highest BCUT2D eigenvalue weighted by Gasteiger charge is 2.45. The normalized spacial score (nSPS) is 22.6. The molecule has 1 heterocycles. The molecule has 4 heteroatoms. The zero-order chi connectivity index (χ0) is 22.0. The highest BCUT2D eigenvalue weighted by molar-refractivity contribution is 5.15. The van der Waals surface area contributed by atoms with Crippen LogP contribution in [0.5, 0.6) is 0 Å². The van der Waals surface area contributed by atoms with E-state index in [1.54, 1.807) is 6.08 Å². The van der Waals surface area contributed by atoms with E-state index in [9.17, 15) is 0 Å². The van der Waals surface area contributed by atoms with Crippen molar-refractivity contribution in [2.75, 3.05) is 6.61 Å². The van der Waals surface area contributed by atoms with Gasteiger partial charge in [-0.05, 0) is 16.7 Å². The zero-order valence-corrected chi connectivity index (χ0v) is 18.2. The van der Waals surface area contributed by atoms with Crippen molar-refractivity contribution in [1.29, 1.82) is 0 Å². The van der Waals surface area contributed by atoms with Gasteiger partial charge in [0.25, 0.3) is 0 Å². The van der Waals surface area contributed by atoms with Gasteiger partial charge in [0.05, 0.1) is 26.4 Å². The van der Waals surface area contributed by atoms with E-state index in [0.717, 1.165) is 16.7 Å². The molecule has 0 radical (unpaired) electrons. The Labute approximate surface area is 190 Å². The van der Waals surface area contributed by atoms with Crippen LogP contribution in [-0.2, 0) is 38.8 Å². The second-order valence-corrected chi connectivity index (χ2v) is 7.90. The van der Waals surface area contributed by atoms with Crippen molar-refractivity contribution in [3.8, 4) is 0 Å². The summed E-state index contributed by atoms with van der Waals surface area (Å²) < 4.78 is 24.9. The molecule has 166 valence electrons. The Morgan fingerprint density at radius 3 is 1.62 bits per heavy atom. The van der Waals surface area contributed by atoms with Crippen molar-refractivity contribution in [3.63, 3.8) is 0 Å². The molecular formula is C28H30O4. The van der Waals surface area contributed by atoms with Gasteiger partial charge in [0.1, 0.15) is 24.4 Å². The Hall–Kier alpha value is -2.76. The van der Waals surface area contributed by atoms with E-state index < -0.39 is 0 Å². The summed E-state index contributed by atoms with van der Waals surface area (Å²) in [4.78, 5) is 0. The van der Waals surface area contributed by atoms with Crippen LogP contribution >= 0.6 is 0 Å². The van der Waals surface area contributed by atoms with Gasteiger partial charge in [-0.3, -0.25) is 0 Å². The molecule has 4 rings (SSSR count). The van der Waals surface area contributed by atoms with E-state index in [-0.39, 0.29) is 24.4 Å². The van der Waals surface area contributed by atoms with Crippen molar-refractivity contribution in [3.05, 3.63) is 120 Å². The first-order valence-corrected chi connectivity index (χ1v) is 11.0. The van der Waals surface area contributed by atoms with Gasteiger partial charge in [0, 0.05) is 0 Å². The monoisotopic (exact) mass is 430 g/mol. The third-order valence-corrected chi connectivity index (χ3v) is 5.54. The largest absolute Gasteiger partial charge is 0.374 e. The van der Waals surface area contributed by atoms with Gasteiger partial charge in [-0.25, -0.2) is 0 Å². The second-order valence-electron chi connectivity index (χ2n) is 7.90.